The van der Waals surface area contributed by atoms with Crippen LogP contribution in [0, 0.1) is 0 Å². The van der Waals surface area contributed by atoms with Crippen LogP contribution in [0.5, 0.6) is 5.75 Å². The molecule has 0 bridgehead atoms. The number of methoxy groups -OCH3 is 1. The second kappa shape index (κ2) is 8.25. The molecular weight excluding hydrogens is 378 g/mol. The molecule has 0 radical (unpaired) electrons. The normalized spacial score (nSPS) is 17.9. The lowest BCUT2D eigenvalue weighted by Crippen LogP contribution is -2.29. The van der Waals surface area contributed by atoms with Crippen LogP contribution in [0.15, 0.2) is 90.5 Å². The number of aliphatic hydroxyl groups is 1. The van der Waals surface area contributed by atoms with Gasteiger partial charge in [0.25, 0.3) is 11.7 Å². The van der Waals surface area contributed by atoms with Crippen LogP contribution in [0.1, 0.15) is 22.7 Å². The third-order valence-corrected chi connectivity index (χ3v) is 5.21. The van der Waals surface area contributed by atoms with Crippen molar-refractivity contribution in [3.8, 4) is 5.75 Å². The average Bonchev–Trinajstić information content (AvgIpc) is 3.05. The number of carbonyl (C=O) groups is 2. The molecule has 0 saturated carbocycles. The van der Waals surface area contributed by atoms with Crippen LogP contribution in [-0.2, 0) is 16.1 Å². The molecule has 1 amide bonds. The number of rotatable bonds is 5. The second-order valence-corrected chi connectivity index (χ2v) is 7.05. The summed E-state index contributed by atoms with van der Waals surface area (Å²) in [5.41, 5.74) is 2.22. The Labute approximate surface area is 174 Å². The summed E-state index contributed by atoms with van der Waals surface area (Å²) in [6, 6.07) is 24.8. The Bertz CT molecular complexity index is 1090. The van der Waals surface area contributed by atoms with Gasteiger partial charge in [-0.25, -0.2) is 0 Å². The summed E-state index contributed by atoms with van der Waals surface area (Å²) in [6.45, 7) is 0.268. The lowest BCUT2D eigenvalue weighted by molar-refractivity contribution is -0.140. The smallest absolute Gasteiger partial charge is 0.295 e. The van der Waals surface area contributed by atoms with Crippen molar-refractivity contribution < 1.29 is 19.4 Å². The van der Waals surface area contributed by atoms with Gasteiger partial charge >= 0.3 is 0 Å². The third-order valence-electron chi connectivity index (χ3n) is 5.21. The fraction of sp³-hybridized carbons (Fsp3) is 0.120. The first kappa shape index (κ1) is 19.5. The number of carbonyl (C=O) groups excluding carboxylic acids is 2. The number of likely N-dealkylation sites (tertiary alicyclic amines) is 1. The molecule has 5 nitrogen and oxygen atoms in total. The Hall–Kier alpha value is -3.86. The number of amides is 1. The summed E-state index contributed by atoms with van der Waals surface area (Å²) in [4.78, 5) is 27.5. The number of aliphatic hydroxyl groups excluding tert-OH is 1. The molecule has 1 saturated heterocycles. The standard InChI is InChI=1S/C25H21NO4/c1-30-20-14-12-19(13-15-20)23(27)21-22(18-10-6-3-7-11-18)26(25(29)24(21)28)16-17-8-4-2-5-9-17/h2-15,22,27H,16H2,1H3/b23-21+. The Kier molecular flexibility index (Phi) is 5.35. The van der Waals surface area contributed by atoms with Crippen molar-refractivity contribution in [3.63, 3.8) is 0 Å². The number of hydrogen-bond acceptors (Lipinski definition) is 4. The van der Waals surface area contributed by atoms with Crippen LogP contribution in [0.25, 0.3) is 5.76 Å². The molecule has 1 N–H and O–H groups in total. The van der Waals surface area contributed by atoms with Crippen molar-refractivity contribution in [1.29, 1.82) is 0 Å². The molecule has 1 heterocycles. The van der Waals surface area contributed by atoms with Crippen molar-refractivity contribution >= 4 is 17.4 Å². The second-order valence-electron chi connectivity index (χ2n) is 7.05. The van der Waals surface area contributed by atoms with Crippen LogP contribution in [0.4, 0.5) is 0 Å². The van der Waals surface area contributed by atoms with Gasteiger partial charge in [0.2, 0.25) is 0 Å². The summed E-state index contributed by atoms with van der Waals surface area (Å²) in [6.07, 6.45) is 0. The van der Waals surface area contributed by atoms with E-state index in [1.165, 1.54) is 4.90 Å². The van der Waals surface area contributed by atoms with Crippen molar-refractivity contribution in [3.05, 3.63) is 107 Å². The molecule has 4 rings (SSSR count). The summed E-state index contributed by atoms with van der Waals surface area (Å²) in [5.74, 6) is -0.869. The molecule has 0 aromatic heterocycles. The van der Waals surface area contributed by atoms with Crippen LogP contribution < -0.4 is 4.74 Å². The fourth-order valence-corrected chi connectivity index (χ4v) is 3.71. The molecule has 0 spiro atoms. The first-order chi connectivity index (χ1) is 14.6. The van der Waals surface area contributed by atoms with Gasteiger partial charge in [0.15, 0.2) is 0 Å². The maximum atomic E-state index is 13.0. The maximum Gasteiger partial charge on any atom is 0.295 e. The zero-order chi connectivity index (χ0) is 21.1. The quantitative estimate of drug-likeness (QED) is 0.394. The number of nitrogens with zero attached hydrogens (tertiary/aromatic N) is 1. The number of ketones is 1. The van der Waals surface area contributed by atoms with Crippen LogP contribution in [-0.4, -0.2) is 28.8 Å². The van der Waals surface area contributed by atoms with Crippen molar-refractivity contribution in [1.82, 2.24) is 4.90 Å². The summed E-state index contributed by atoms with van der Waals surface area (Å²) in [7, 11) is 1.55. The number of Topliss-reactive ketones (excluding diaryl/α,β-unsaturated/α-hetero) is 1. The van der Waals surface area contributed by atoms with E-state index in [1.807, 2.05) is 60.7 Å². The van der Waals surface area contributed by atoms with E-state index in [9.17, 15) is 14.7 Å². The van der Waals surface area contributed by atoms with Gasteiger partial charge in [-0.2, -0.15) is 0 Å². The van der Waals surface area contributed by atoms with Gasteiger partial charge in [0.1, 0.15) is 11.5 Å². The molecule has 1 atom stereocenters. The maximum absolute atomic E-state index is 13.0. The largest absolute Gasteiger partial charge is 0.507 e. The zero-order valence-electron chi connectivity index (χ0n) is 16.5. The molecule has 150 valence electrons. The number of benzene rings is 3. The van der Waals surface area contributed by atoms with Gasteiger partial charge in [0.05, 0.1) is 18.7 Å². The topological polar surface area (TPSA) is 66.8 Å². The molecule has 1 unspecified atom stereocenters. The Morgan fingerprint density at radius 3 is 2.10 bits per heavy atom. The molecule has 3 aromatic rings. The van der Waals surface area contributed by atoms with E-state index in [1.54, 1.807) is 31.4 Å². The average molecular weight is 399 g/mol. The minimum absolute atomic E-state index is 0.0901. The van der Waals surface area contributed by atoms with Crippen molar-refractivity contribution in [2.24, 2.45) is 0 Å². The van der Waals surface area contributed by atoms with Crippen LogP contribution in [0.3, 0.4) is 0 Å². The minimum Gasteiger partial charge on any atom is -0.507 e. The molecule has 5 heteroatoms. The molecular formula is C25H21NO4. The fourth-order valence-electron chi connectivity index (χ4n) is 3.71. The van der Waals surface area contributed by atoms with Gasteiger partial charge in [-0.05, 0) is 35.4 Å². The van der Waals surface area contributed by atoms with Crippen molar-refractivity contribution in [2.45, 2.75) is 12.6 Å². The summed E-state index contributed by atoms with van der Waals surface area (Å²) < 4.78 is 5.16. The van der Waals surface area contributed by atoms with Gasteiger partial charge in [-0.1, -0.05) is 60.7 Å². The molecule has 1 aliphatic rings. The highest BCUT2D eigenvalue weighted by atomic mass is 16.5. The molecule has 1 aliphatic heterocycles. The van der Waals surface area contributed by atoms with Crippen molar-refractivity contribution in [2.75, 3.05) is 7.11 Å². The van der Waals surface area contributed by atoms with Gasteiger partial charge in [0, 0.05) is 12.1 Å². The molecule has 30 heavy (non-hydrogen) atoms. The van der Waals surface area contributed by atoms with Crippen LogP contribution in [0.2, 0.25) is 0 Å². The van der Waals surface area contributed by atoms with E-state index >= 15 is 0 Å². The van der Waals surface area contributed by atoms with E-state index in [4.69, 9.17) is 4.74 Å². The van der Waals surface area contributed by atoms with E-state index in [0.29, 0.717) is 11.3 Å². The highest BCUT2D eigenvalue weighted by Gasteiger charge is 2.45. The van der Waals surface area contributed by atoms with Gasteiger partial charge in [-0.3, -0.25) is 9.59 Å². The van der Waals surface area contributed by atoms with E-state index in [-0.39, 0.29) is 17.9 Å². The predicted octanol–water partition coefficient (Wildman–Crippen LogP) is 4.32. The number of hydrogen-bond donors (Lipinski definition) is 1. The van der Waals surface area contributed by atoms with E-state index < -0.39 is 17.7 Å². The lowest BCUT2D eigenvalue weighted by Gasteiger charge is -2.25. The van der Waals surface area contributed by atoms with E-state index in [2.05, 4.69) is 0 Å². The monoisotopic (exact) mass is 399 g/mol. The molecule has 1 fully saturated rings. The van der Waals surface area contributed by atoms with Crippen LogP contribution >= 0.6 is 0 Å². The molecule has 3 aromatic carbocycles. The minimum atomic E-state index is -0.687. The van der Waals surface area contributed by atoms with Gasteiger partial charge in [-0.15, -0.1) is 0 Å². The van der Waals surface area contributed by atoms with E-state index in [0.717, 1.165) is 11.1 Å². The zero-order valence-corrected chi connectivity index (χ0v) is 16.5. The highest BCUT2D eigenvalue weighted by molar-refractivity contribution is 6.46. The lowest BCUT2D eigenvalue weighted by atomic mass is 9.95. The Balaban J connectivity index is 1.83. The summed E-state index contributed by atoms with van der Waals surface area (Å²) >= 11 is 0. The van der Waals surface area contributed by atoms with Gasteiger partial charge < -0.3 is 14.7 Å². The third kappa shape index (κ3) is 3.57. The predicted molar refractivity (Wildman–Crippen MR) is 114 cm³/mol. The Morgan fingerprint density at radius 1 is 0.900 bits per heavy atom. The molecule has 0 aliphatic carbocycles. The highest BCUT2D eigenvalue weighted by Crippen LogP contribution is 2.40. The SMILES string of the molecule is COc1ccc(/C(O)=C2\C(=O)C(=O)N(Cc3ccccc3)C2c2ccccc2)cc1. The Morgan fingerprint density at radius 2 is 1.50 bits per heavy atom. The first-order valence-electron chi connectivity index (χ1n) is 9.62. The summed E-state index contributed by atoms with van der Waals surface area (Å²) in [5, 5.41) is 11.0. The number of ether oxygens (including phenoxy) is 1. The first-order valence-corrected chi connectivity index (χ1v) is 9.62.